The molecule has 3 N–H and O–H groups in total. The minimum atomic E-state index is -0.309. The Morgan fingerprint density at radius 1 is 1.15 bits per heavy atom. The van der Waals surface area contributed by atoms with Crippen LogP contribution in [0.5, 0.6) is 0 Å². The van der Waals surface area contributed by atoms with E-state index < -0.39 is 0 Å². The van der Waals surface area contributed by atoms with E-state index in [1.165, 1.54) is 4.68 Å². The largest absolute Gasteiger partial charge is 0.383 e. The predicted molar refractivity (Wildman–Crippen MR) is 132 cm³/mol. The minimum absolute atomic E-state index is 0.156. The first-order valence-electron chi connectivity index (χ1n) is 11.0. The van der Waals surface area contributed by atoms with Gasteiger partial charge in [0.15, 0.2) is 5.65 Å². The number of hydrogen-bond donors (Lipinski definition) is 2. The molecule has 2 aromatic carbocycles. The number of carbonyl (C=O) groups is 1. The third kappa shape index (κ3) is 4.85. The minimum Gasteiger partial charge on any atom is -0.383 e. The molecule has 0 aliphatic heterocycles. The Labute approximate surface area is 192 Å². The number of anilines is 1. The van der Waals surface area contributed by atoms with Crippen molar-refractivity contribution in [1.82, 2.24) is 20.0 Å². The summed E-state index contributed by atoms with van der Waals surface area (Å²) in [5.74, 6) is -0.113. The van der Waals surface area contributed by atoms with Crippen molar-refractivity contribution in [3.63, 3.8) is 0 Å². The van der Waals surface area contributed by atoms with Gasteiger partial charge in [0.05, 0.1) is 23.4 Å². The van der Waals surface area contributed by atoms with Crippen LogP contribution in [-0.2, 0) is 4.74 Å². The summed E-state index contributed by atoms with van der Waals surface area (Å²) in [5, 5.41) is 7.49. The van der Waals surface area contributed by atoms with Crippen molar-refractivity contribution < 1.29 is 9.53 Å². The van der Waals surface area contributed by atoms with Crippen LogP contribution in [-0.4, -0.2) is 46.0 Å². The van der Waals surface area contributed by atoms with Gasteiger partial charge in [-0.2, -0.15) is 9.78 Å². The van der Waals surface area contributed by atoms with Crippen molar-refractivity contribution in [1.29, 1.82) is 0 Å². The van der Waals surface area contributed by atoms with E-state index in [0.717, 1.165) is 11.1 Å². The van der Waals surface area contributed by atoms with Crippen LogP contribution in [0.25, 0.3) is 22.2 Å². The van der Waals surface area contributed by atoms with E-state index in [1.54, 1.807) is 6.21 Å². The lowest BCUT2D eigenvalue weighted by Gasteiger charge is -2.08. The van der Waals surface area contributed by atoms with E-state index in [4.69, 9.17) is 20.4 Å². The second-order valence-electron chi connectivity index (χ2n) is 8.09. The molecule has 2 heterocycles. The average molecular weight is 445 g/mol. The van der Waals surface area contributed by atoms with Crippen molar-refractivity contribution in [2.24, 2.45) is 5.10 Å². The number of nitrogen functional groups attached to an aromatic ring is 1. The van der Waals surface area contributed by atoms with E-state index in [9.17, 15) is 4.79 Å². The molecule has 8 heteroatoms. The first-order valence-corrected chi connectivity index (χ1v) is 11.0. The number of ether oxygens (including phenoxy) is 1. The zero-order chi connectivity index (χ0) is 23.4. The van der Waals surface area contributed by atoms with E-state index in [-0.39, 0.29) is 23.4 Å². The number of amides is 1. The summed E-state index contributed by atoms with van der Waals surface area (Å²) in [7, 11) is 0. The van der Waals surface area contributed by atoms with Crippen LogP contribution in [0.2, 0.25) is 0 Å². The number of rotatable bonds is 8. The van der Waals surface area contributed by atoms with Gasteiger partial charge in [0, 0.05) is 13.2 Å². The third-order valence-corrected chi connectivity index (χ3v) is 5.26. The maximum Gasteiger partial charge on any atom is 0.257 e. The molecule has 2 aromatic heterocycles. The Bertz CT molecular complexity index is 1330. The molecule has 0 aliphatic rings. The summed E-state index contributed by atoms with van der Waals surface area (Å²) >= 11 is 0. The van der Waals surface area contributed by atoms with Gasteiger partial charge in [-0.1, -0.05) is 36.4 Å². The molecule has 1 amide bonds. The van der Waals surface area contributed by atoms with Gasteiger partial charge in [0.25, 0.3) is 5.91 Å². The van der Waals surface area contributed by atoms with Crippen molar-refractivity contribution in [3.05, 3.63) is 65.2 Å². The van der Waals surface area contributed by atoms with E-state index in [0.29, 0.717) is 41.8 Å². The number of nitrogens with zero attached hydrogens (tertiary/aromatic N) is 4. The fraction of sp³-hybridized carbons (Fsp3) is 0.280. The van der Waals surface area contributed by atoms with Crippen molar-refractivity contribution >= 4 is 40.1 Å². The lowest BCUT2D eigenvalue weighted by Crippen LogP contribution is -2.26. The lowest BCUT2D eigenvalue weighted by molar-refractivity contribution is 0.0757. The van der Waals surface area contributed by atoms with Crippen LogP contribution >= 0.6 is 0 Å². The fourth-order valence-electron chi connectivity index (χ4n) is 3.52. The predicted octanol–water partition coefficient (Wildman–Crippen LogP) is 3.90. The highest BCUT2D eigenvalue weighted by atomic mass is 16.5. The Morgan fingerprint density at radius 3 is 2.58 bits per heavy atom. The first-order chi connectivity index (χ1) is 16.0. The number of nitrogens with two attached hydrogens (primary N) is 1. The molecule has 0 atom stereocenters. The molecule has 8 nitrogen and oxygen atoms in total. The Morgan fingerprint density at radius 2 is 1.85 bits per heavy atom. The van der Waals surface area contributed by atoms with Gasteiger partial charge < -0.3 is 15.8 Å². The number of aryl methyl sites for hydroxylation is 1. The fourth-order valence-corrected chi connectivity index (χ4v) is 3.52. The Balaban J connectivity index is 1.73. The van der Waals surface area contributed by atoms with Crippen molar-refractivity contribution in [2.75, 3.05) is 18.9 Å². The van der Waals surface area contributed by atoms with Crippen LogP contribution in [0.4, 0.5) is 5.82 Å². The highest BCUT2D eigenvalue weighted by Crippen LogP contribution is 2.27. The number of nitrogens with one attached hydrogen (secondary N) is 1. The molecule has 0 saturated heterocycles. The second kappa shape index (κ2) is 9.79. The number of fused-ring (bicyclic) bond motifs is 2. The number of hydrogen-bond acceptors (Lipinski definition) is 6. The van der Waals surface area contributed by atoms with Gasteiger partial charge in [-0.25, -0.2) is 9.97 Å². The van der Waals surface area contributed by atoms with E-state index in [1.807, 2.05) is 69.3 Å². The summed E-state index contributed by atoms with van der Waals surface area (Å²) in [5.41, 5.74) is 11.0. The van der Waals surface area contributed by atoms with Gasteiger partial charge in [-0.05, 0) is 50.5 Å². The average Bonchev–Trinajstić information content (AvgIpc) is 3.06. The molecule has 33 heavy (non-hydrogen) atoms. The summed E-state index contributed by atoms with van der Waals surface area (Å²) < 4.78 is 7.02. The molecule has 0 spiro atoms. The monoisotopic (exact) mass is 444 g/mol. The van der Waals surface area contributed by atoms with Gasteiger partial charge >= 0.3 is 0 Å². The lowest BCUT2D eigenvalue weighted by atomic mass is 10.1. The molecule has 170 valence electrons. The summed E-state index contributed by atoms with van der Waals surface area (Å²) in [6.07, 6.45) is 2.57. The van der Waals surface area contributed by atoms with Crippen molar-refractivity contribution in [3.8, 4) is 0 Å². The van der Waals surface area contributed by atoms with E-state index >= 15 is 0 Å². The normalized spacial score (nSPS) is 11.8. The summed E-state index contributed by atoms with van der Waals surface area (Å²) in [6.45, 7) is 7.00. The highest BCUT2D eigenvalue weighted by Gasteiger charge is 2.23. The molecule has 0 radical (unpaired) electrons. The number of carbonyl (C=O) groups excluding carboxylic acids is 1. The molecule has 0 bridgehead atoms. The van der Waals surface area contributed by atoms with Crippen LogP contribution < -0.4 is 11.1 Å². The van der Waals surface area contributed by atoms with Gasteiger partial charge in [0.1, 0.15) is 16.9 Å². The highest BCUT2D eigenvalue weighted by molar-refractivity contribution is 6.10. The van der Waals surface area contributed by atoms with Gasteiger partial charge in [-0.15, -0.1) is 0 Å². The Kier molecular flexibility index (Phi) is 6.65. The van der Waals surface area contributed by atoms with Crippen LogP contribution in [0, 0.1) is 6.92 Å². The van der Waals surface area contributed by atoms with Crippen LogP contribution in [0.3, 0.4) is 0 Å². The summed E-state index contributed by atoms with van der Waals surface area (Å²) in [6, 6.07) is 15.4. The first kappa shape index (κ1) is 22.4. The number of aromatic nitrogens is 3. The molecule has 0 unspecified atom stereocenters. The zero-order valence-corrected chi connectivity index (χ0v) is 19.1. The quantitative estimate of drug-likeness (QED) is 0.317. The van der Waals surface area contributed by atoms with Crippen LogP contribution in [0.1, 0.15) is 41.8 Å². The molecule has 0 aliphatic carbocycles. The van der Waals surface area contributed by atoms with Gasteiger partial charge in [-0.3, -0.25) is 4.79 Å². The number of para-hydroxylation sites is 2. The second-order valence-corrected chi connectivity index (χ2v) is 8.09. The van der Waals surface area contributed by atoms with E-state index in [2.05, 4.69) is 10.4 Å². The third-order valence-electron chi connectivity index (χ3n) is 5.26. The van der Waals surface area contributed by atoms with Crippen molar-refractivity contribution in [2.45, 2.75) is 33.3 Å². The summed E-state index contributed by atoms with van der Waals surface area (Å²) in [4.78, 5) is 22.5. The maximum atomic E-state index is 13.1. The maximum absolute atomic E-state index is 13.1. The SMILES string of the molecule is Cc1ccccc1/C=N/n1c(N)c(C(=O)NCCCOC(C)C)c2nc3ccccc3nc21. The topological polar surface area (TPSA) is 107 Å². The smallest absolute Gasteiger partial charge is 0.257 e. The Hall–Kier alpha value is -3.78. The number of benzene rings is 2. The standard InChI is InChI=1S/C25H28N6O2/c1-16(2)33-14-8-13-27-25(32)21-22-24(30-20-12-7-6-11-19(20)29-22)31(23(21)26)28-15-18-10-5-4-9-17(18)3/h4-7,9-12,15-16H,8,13-14,26H2,1-3H3,(H,27,32)/b28-15+. The molecule has 0 saturated carbocycles. The van der Waals surface area contributed by atoms with Gasteiger partial charge in [0.2, 0.25) is 0 Å². The molecule has 0 fully saturated rings. The van der Waals surface area contributed by atoms with Crippen LogP contribution in [0.15, 0.2) is 53.6 Å². The molecule has 4 rings (SSSR count). The molecular formula is C25H28N6O2. The zero-order valence-electron chi connectivity index (χ0n) is 19.1. The molecular weight excluding hydrogens is 416 g/mol. The molecule has 4 aromatic rings.